The van der Waals surface area contributed by atoms with E-state index in [4.69, 9.17) is 16.0 Å². The molecule has 0 saturated heterocycles. The number of nitrogens with zero attached hydrogens (tertiary/aromatic N) is 2. The number of thioether (sulfide) groups is 4. The fourth-order valence-corrected chi connectivity index (χ4v) is 8.07. The standard InChI is InChI=1S/C24H24N2O8S4/c1-23(2,31)6-8-33-19(29)11(10-25)21-35-15-13(27)17-18(14(28)16(15)36-21)38-22(37-17)12(26-5)20(30)34-9-7-24(3,4)32/h27-28,31-32H,6-9H2,1-4H3. The number of ether oxygens (including phenoxy) is 2. The number of aliphatic hydroxyl groups is 2. The maximum Gasteiger partial charge on any atom is 0.350 e. The second-order valence-corrected chi connectivity index (χ2v) is 13.9. The number of hydrogen-bond donors (Lipinski definition) is 4. The largest absolute Gasteiger partial charge is 0.505 e. The highest BCUT2D eigenvalue weighted by Crippen LogP contribution is 2.67. The Hall–Kier alpha value is -2.46. The Morgan fingerprint density at radius 3 is 1.61 bits per heavy atom. The third-order valence-electron chi connectivity index (χ3n) is 4.96. The van der Waals surface area contributed by atoms with Gasteiger partial charge in [0, 0.05) is 12.8 Å². The first-order chi connectivity index (χ1) is 17.7. The molecule has 0 bridgehead atoms. The third-order valence-corrected chi connectivity index (χ3v) is 10.2. The van der Waals surface area contributed by atoms with E-state index in [1.54, 1.807) is 27.7 Å². The van der Waals surface area contributed by atoms with E-state index in [-0.39, 0.29) is 76.9 Å². The highest BCUT2D eigenvalue weighted by atomic mass is 32.2. The van der Waals surface area contributed by atoms with Crippen LogP contribution in [-0.2, 0) is 19.1 Å². The van der Waals surface area contributed by atoms with E-state index in [0.29, 0.717) is 0 Å². The number of fused-ring (bicyclic) bond motifs is 2. The van der Waals surface area contributed by atoms with Gasteiger partial charge in [-0.1, -0.05) is 47.0 Å². The van der Waals surface area contributed by atoms with Crippen molar-refractivity contribution in [3.63, 3.8) is 0 Å². The van der Waals surface area contributed by atoms with Gasteiger partial charge >= 0.3 is 11.9 Å². The molecule has 0 saturated carbocycles. The Bertz CT molecular complexity index is 1190. The minimum Gasteiger partial charge on any atom is -0.505 e. The first-order valence-corrected chi connectivity index (χ1v) is 14.3. The molecule has 2 heterocycles. The minimum absolute atomic E-state index is 0.0917. The average Bonchev–Trinajstić information content (AvgIpc) is 3.43. The molecule has 1 aromatic rings. The monoisotopic (exact) mass is 596 g/mol. The van der Waals surface area contributed by atoms with Crippen LogP contribution < -0.4 is 0 Å². The number of benzene rings is 1. The molecular formula is C24H24N2O8S4. The van der Waals surface area contributed by atoms with Crippen LogP contribution in [0.25, 0.3) is 4.85 Å². The Kier molecular flexibility index (Phi) is 9.29. The summed E-state index contributed by atoms with van der Waals surface area (Å²) in [6, 6.07) is 1.81. The molecule has 202 valence electrons. The van der Waals surface area contributed by atoms with Gasteiger partial charge in [0.05, 0.1) is 59.0 Å². The molecular weight excluding hydrogens is 573 g/mol. The summed E-state index contributed by atoms with van der Waals surface area (Å²) < 4.78 is 10.7. The van der Waals surface area contributed by atoms with Crippen molar-refractivity contribution >= 4 is 59.0 Å². The number of phenolic OH excluding ortho intramolecular Hbond substituents is 2. The van der Waals surface area contributed by atoms with E-state index in [1.165, 1.54) is 0 Å². The highest BCUT2D eigenvalue weighted by molar-refractivity contribution is 8.26. The lowest BCUT2D eigenvalue weighted by molar-refractivity contribution is -0.140. The summed E-state index contributed by atoms with van der Waals surface area (Å²) in [5.74, 6) is -2.21. The number of nitriles is 1. The van der Waals surface area contributed by atoms with Crippen LogP contribution in [0.5, 0.6) is 11.5 Å². The van der Waals surface area contributed by atoms with Gasteiger partial charge in [0.1, 0.15) is 17.6 Å². The molecule has 0 spiro atoms. The lowest BCUT2D eigenvalue weighted by Gasteiger charge is -2.16. The van der Waals surface area contributed by atoms with Gasteiger partial charge in [0.25, 0.3) is 5.70 Å². The second-order valence-electron chi connectivity index (χ2n) is 9.34. The molecule has 4 N–H and O–H groups in total. The molecule has 2 aliphatic heterocycles. The van der Waals surface area contributed by atoms with Crippen LogP contribution in [-0.4, -0.2) is 56.8 Å². The van der Waals surface area contributed by atoms with E-state index in [2.05, 4.69) is 4.85 Å². The summed E-state index contributed by atoms with van der Waals surface area (Å²) in [6.45, 7) is 13.5. The van der Waals surface area contributed by atoms with Crippen molar-refractivity contribution in [3.05, 3.63) is 31.2 Å². The average molecular weight is 597 g/mol. The van der Waals surface area contributed by atoms with Crippen LogP contribution in [0.1, 0.15) is 40.5 Å². The number of rotatable bonds is 8. The fraction of sp³-hybridized carbons (Fsp3) is 0.417. The Balaban J connectivity index is 1.84. The SMILES string of the molecule is [C-]#[N+]C(C(=O)OCCC(C)(C)O)=C1Sc2c(O)c3c(c(O)c2S1)SC(=C(C#N)C(=O)OCCC(C)(C)O)S3. The summed E-state index contributed by atoms with van der Waals surface area (Å²) in [4.78, 5) is 29.2. The molecule has 3 rings (SSSR count). The zero-order valence-corrected chi connectivity index (χ0v) is 24.0. The predicted molar refractivity (Wildman–Crippen MR) is 143 cm³/mol. The van der Waals surface area contributed by atoms with Crippen molar-refractivity contribution in [1.82, 2.24) is 0 Å². The molecule has 0 aliphatic carbocycles. The van der Waals surface area contributed by atoms with Gasteiger partial charge in [-0.15, -0.1) is 0 Å². The number of phenols is 2. The molecule has 0 fully saturated rings. The first kappa shape index (κ1) is 30.1. The van der Waals surface area contributed by atoms with E-state index in [1.807, 2.05) is 6.07 Å². The Morgan fingerprint density at radius 2 is 1.24 bits per heavy atom. The summed E-state index contributed by atoms with van der Waals surface area (Å²) >= 11 is 3.70. The topological polar surface area (TPSA) is 162 Å². The Morgan fingerprint density at radius 1 is 0.842 bits per heavy atom. The molecule has 0 unspecified atom stereocenters. The van der Waals surface area contributed by atoms with E-state index in [9.17, 15) is 35.3 Å². The molecule has 14 heteroatoms. The molecule has 0 radical (unpaired) electrons. The van der Waals surface area contributed by atoms with Crippen molar-refractivity contribution in [2.75, 3.05) is 13.2 Å². The van der Waals surface area contributed by atoms with E-state index >= 15 is 0 Å². The number of esters is 2. The molecule has 0 aromatic heterocycles. The van der Waals surface area contributed by atoms with Crippen molar-refractivity contribution < 1.29 is 39.5 Å². The van der Waals surface area contributed by atoms with Crippen LogP contribution >= 0.6 is 47.0 Å². The number of carbonyl (C=O) groups is 2. The van der Waals surface area contributed by atoms with Gasteiger partial charge in [-0.25, -0.2) is 9.64 Å². The quantitative estimate of drug-likeness (QED) is 0.107. The zero-order chi connectivity index (χ0) is 28.4. The van der Waals surface area contributed by atoms with Gasteiger partial charge < -0.3 is 29.9 Å². The van der Waals surface area contributed by atoms with Gasteiger partial charge in [0.15, 0.2) is 5.57 Å². The summed E-state index contributed by atoms with van der Waals surface area (Å²) in [6.07, 6.45) is 0.349. The molecule has 10 nitrogen and oxygen atoms in total. The van der Waals surface area contributed by atoms with E-state index < -0.39 is 23.1 Å². The zero-order valence-electron chi connectivity index (χ0n) is 20.8. The van der Waals surface area contributed by atoms with Crippen LogP contribution in [0.3, 0.4) is 0 Å². The number of aromatic hydroxyl groups is 2. The second kappa shape index (κ2) is 11.7. The van der Waals surface area contributed by atoms with Crippen molar-refractivity contribution in [2.45, 2.75) is 71.3 Å². The van der Waals surface area contributed by atoms with Crippen LogP contribution in [0.4, 0.5) is 0 Å². The molecule has 0 amide bonds. The van der Waals surface area contributed by atoms with Crippen molar-refractivity contribution in [3.8, 4) is 17.6 Å². The lowest BCUT2D eigenvalue weighted by atomic mass is 10.1. The summed E-state index contributed by atoms with van der Waals surface area (Å²) in [7, 11) is 0. The van der Waals surface area contributed by atoms with Gasteiger partial charge in [-0.05, 0) is 27.7 Å². The molecule has 2 aliphatic rings. The molecule has 1 aromatic carbocycles. The maximum atomic E-state index is 12.5. The van der Waals surface area contributed by atoms with Crippen LogP contribution in [0.2, 0.25) is 0 Å². The Labute approximate surface area is 236 Å². The smallest absolute Gasteiger partial charge is 0.350 e. The van der Waals surface area contributed by atoms with Gasteiger partial charge in [0.2, 0.25) is 0 Å². The van der Waals surface area contributed by atoms with Gasteiger partial charge in [-0.2, -0.15) is 5.26 Å². The first-order valence-electron chi connectivity index (χ1n) is 11.0. The van der Waals surface area contributed by atoms with Crippen molar-refractivity contribution in [2.24, 2.45) is 0 Å². The fourth-order valence-electron chi connectivity index (χ4n) is 2.90. The van der Waals surface area contributed by atoms with Crippen molar-refractivity contribution in [1.29, 1.82) is 5.26 Å². The summed E-state index contributed by atoms with van der Waals surface area (Å²) in [5, 5.41) is 51.1. The lowest BCUT2D eigenvalue weighted by Crippen LogP contribution is -2.22. The number of hydrogen-bond acceptors (Lipinski definition) is 13. The van der Waals surface area contributed by atoms with Crippen LogP contribution in [0.15, 0.2) is 39.3 Å². The molecule has 0 atom stereocenters. The van der Waals surface area contributed by atoms with Gasteiger partial charge in [-0.3, -0.25) is 4.79 Å². The molecule has 38 heavy (non-hydrogen) atoms. The minimum atomic E-state index is -1.05. The summed E-state index contributed by atoms with van der Waals surface area (Å²) in [5.41, 5.74) is -2.70. The predicted octanol–water partition coefficient (Wildman–Crippen LogP) is 4.73. The normalized spacial score (nSPS) is 14.3. The maximum absolute atomic E-state index is 12.5. The number of carbonyl (C=O) groups excluding carboxylic acids is 2. The van der Waals surface area contributed by atoms with E-state index in [0.717, 1.165) is 47.0 Å². The third kappa shape index (κ3) is 6.94. The van der Waals surface area contributed by atoms with Crippen LogP contribution in [0, 0.1) is 17.9 Å². The highest BCUT2D eigenvalue weighted by Gasteiger charge is 2.38.